The molecule has 1 aliphatic heterocycles. The number of amides is 2. The summed E-state index contributed by atoms with van der Waals surface area (Å²) >= 11 is 0. The summed E-state index contributed by atoms with van der Waals surface area (Å²) in [5, 5.41) is 2.77. The van der Waals surface area contributed by atoms with E-state index in [1.807, 2.05) is 36.1 Å². The third-order valence-electron chi connectivity index (χ3n) is 3.52. The lowest BCUT2D eigenvalue weighted by Gasteiger charge is -2.26. The average molecular weight is 290 g/mol. The SMILES string of the molecule is Cc1ccc(OCC(=O)NCCN2CCCCC2=O)cc1. The normalized spacial score (nSPS) is 14.9. The van der Waals surface area contributed by atoms with Crippen LogP contribution in [0.3, 0.4) is 0 Å². The molecule has 1 aromatic rings. The number of piperidine rings is 1. The Labute approximate surface area is 125 Å². The molecule has 0 spiro atoms. The summed E-state index contributed by atoms with van der Waals surface area (Å²) in [6, 6.07) is 7.56. The molecule has 0 atom stereocenters. The van der Waals surface area contributed by atoms with Gasteiger partial charge in [0.25, 0.3) is 5.91 Å². The summed E-state index contributed by atoms with van der Waals surface area (Å²) in [6.07, 6.45) is 2.66. The van der Waals surface area contributed by atoms with E-state index in [0.29, 0.717) is 25.3 Å². The molecule has 2 rings (SSSR count). The third-order valence-corrected chi connectivity index (χ3v) is 3.52. The van der Waals surface area contributed by atoms with E-state index in [1.54, 1.807) is 0 Å². The van der Waals surface area contributed by atoms with Gasteiger partial charge in [-0.25, -0.2) is 0 Å². The van der Waals surface area contributed by atoms with E-state index in [4.69, 9.17) is 4.74 Å². The van der Waals surface area contributed by atoms with Crippen molar-refractivity contribution in [3.63, 3.8) is 0 Å². The molecule has 21 heavy (non-hydrogen) atoms. The van der Waals surface area contributed by atoms with Gasteiger partial charge in [0.05, 0.1) is 0 Å². The summed E-state index contributed by atoms with van der Waals surface area (Å²) in [4.78, 5) is 25.1. The van der Waals surface area contributed by atoms with Crippen LogP contribution in [0.25, 0.3) is 0 Å². The van der Waals surface area contributed by atoms with Crippen LogP contribution in [0.2, 0.25) is 0 Å². The number of nitrogens with one attached hydrogen (secondary N) is 1. The molecule has 0 radical (unpaired) electrons. The Bertz CT molecular complexity index is 485. The van der Waals surface area contributed by atoms with Crippen LogP contribution < -0.4 is 10.1 Å². The molecule has 0 bridgehead atoms. The molecule has 0 saturated carbocycles. The van der Waals surface area contributed by atoms with Gasteiger partial charge in [-0.2, -0.15) is 0 Å². The maximum absolute atomic E-state index is 11.7. The second-order valence-electron chi connectivity index (χ2n) is 5.29. The number of likely N-dealkylation sites (tertiary alicyclic amines) is 1. The van der Waals surface area contributed by atoms with Gasteiger partial charge >= 0.3 is 0 Å². The van der Waals surface area contributed by atoms with Gasteiger partial charge in [0.1, 0.15) is 5.75 Å². The number of rotatable bonds is 6. The van der Waals surface area contributed by atoms with E-state index in [-0.39, 0.29) is 18.4 Å². The van der Waals surface area contributed by atoms with Gasteiger partial charge < -0.3 is 15.0 Å². The van der Waals surface area contributed by atoms with E-state index in [9.17, 15) is 9.59 Å². The van der Waals surface area contributed by atoms with Crippen molar-refractivity contribution < 1.29 is 14.3 Å². The van der Waals surface area contributed by atoms with Crippen molar-refractivity contribution in [2.75, 3.05) is 26.2 Å². The summed E-state index contributed by atoms with van der Waals surface area (Å²) in [5.41, 5.74) is 1.15. The zero-order chi connectivity index (χ0) is 15.1. The lowest BCUT2D eigenvalue weighted by molar-refractivity contribution is -0.133. The summed E-state index contributed by atoms with van der Waals surface area (Å²) in [6.45, 7) is 3.85. The summed E-state index contributed by atoms with van der Waals surface area (Å²) < 4.78 is 5.39. The largest absolute Gasteiger partial charge is 0.484 e. The van der Waals surface area contributed by atoms with Gasteiger partial charge in [-0.05, 0) is 31.9 Å². The minimum atomic E-state index is -0.167. The van der Waals surface area contributed by atoms with E-state index < -0.39 is 0 Å². The van der Waals surface area contributed by atoms with Crippen molar-refractivity contribution in [3.05, 3.63) is 29.8 Å². The molecule has 5 heteroatoms. The van der Waals surface area contributed by atoms with Crippen LogP contribution >= 0.6 is 0 Å². The fourth-order valence-electron chi connectivity index (χ4n) is 2.26. The molecule has 1 saturated heterocycles. The smallest absolute Gasteiger partial charge is 0.258 e. The predicted molar refractivity (Wildman–Crippen MR) is 80.1 cm³/mol. The number of hydrogen-bond acceptors (Lipinski definition) is 3. The molecule has 2 amide bonds. The summed E-state index contributed by atoms with van der Waals surface area (Å²) in [7, 11) is 0. The molecule has 1 N–H and O–H groups in total. The van der Waals surface area contributed by atoms with Crippen LogP contribution in [0.4, 0.5) is 0 Å². The standard InChI is InChI=1S/C16H22N2O3/c1-13-5-7-14(8-6-13)21-12-15(19)17-9-11-18-10-3-2-4-16(18)20/h5-8H,2-4,9-12H2,1H3,(H,17,19). The zero-order valence-corrected chi connectivity index (χ0v) is 12.4. The number of ether oxygens (including phenoxy) is 1. The average Bonchev–Trinajstić information content (AvgIpc) is 2.49. The second kappa shape index (κ2) is 7.67. The second-order valence-corrected chi connectivity index (χ2v) is 5.29. The molecule has 5 nitrogen and oxygen atoms in total. The van der Waals surface area contributed by atoms with E-state index in [2.05, 4.69) is 5.32 Å². The monoisotopic (exact) mass is 290 g/mol. The molecule has 1 heterocycles. The Morgan fingerprint density at radius 3 is 2.76 bits per heavy atom. The van der Waals surface area contributed by atoms with Crippen molar-refractivity contribution in [2.45, 2.75) is 26.2 Å². The molecule has 0 aromatic heterocycles. The highest BCUT2D eigenvalue weighted by molar-refractivity contribution is 5.78. The number of carbonyl (C=O) groups is 2. The van der Waals surface area contributed by atoms with Gasteiger partial charge in [-0.1, -0.05) is 17.7 Å². The van der Waals surface area contributed by atoms with Crippen molar-refractivity contribution in [2.24, 2.45) is 0 Å². The van der Waals surface area contributed by atoms with Gasteiger partial charge in [-0.15, -0.1) is 0 Å². The highest BCUT2D eigenvalue weighted by Gasteiger charge is 2.17. The van der Waals surface area contributed by atoms with E-state index >= 15 is 0 Å². The minimum Gasteiger partial charge on any atom is -0.484 e. The Morgan fingerprint density at radius 1 is 1.29 bits per heavy atom. The molecule has 1 fully saturated rings. The lowest BCUT2D eigenvalue weighted by Crippen LogP contribution is -2.41. The number of nitrogens with zero attached hydrogens (tertiary/aromatic N) is 1. The van der Waals surface area contributed by atoms with Crippen LogP contribution in [0.1, 0.15) is 24.8 Å². The van der Waals surface area contributed by atoms with Crippen LogP contribution in [0.15, 0.2) is 24.3 Å². The zero-order valence-electron chi connectivity index (χ0n) is 12.4. The highest BCUT2D eigenvalue weighted by atomic mass is 16.5. The molecular weight excluding hydrogens is 268 g/mol. The van der Waals surface area contributed by atoms with Crippen LogP contribution in [-0.2, 0) is 9.59 Å². The quantitative estimate of drug-likeness (QED) is 0.864. The Balaban J connectivity index is 1.63. The van der Waals surface area contributed by atoms with Crippen molar-refractivity contribution in [1.29, 1.82) is 0 Å². The fourth-order valence-corrected chi connectivity index (χ4v) is 2.26. The fraction of sp³-hybridized carbons (Fsp3) is 0.500. The first-order valence-electron chi connectivity index (χ1n) is 7.39. The predicted octanol–water partition coefficient (Wildman–Crippen LogP) is 1.50. The summed E-state index contributed by atoms with van der Waals surface area (Å²) in [5.74, 6) is 0.702. The minimum absolute atomic E-state index is 0.00297. The first-order valence-corrected chi connectivity index (χ1v) is 7.39. The first-order chi connectivity index (χ1) is 10.1. The molecular formula is C16H22N2O3. The van der Waals surface area contributed by atoms with E-state index in [0.717, 1.165) is 24.9 Å². The molecule has 0 unspecified atom stereocenters. The number of aryl methyl sites for hydroxylation is 1. The Morgan fingerprint density at radius 2 is 2.05 bits per heavy atom. The van der Waals surface area contributed by atoms with Gasteiger partial charge in [0.15, 0.2) is 6.61 Å². The van der Waals surface area contributed by atoms with Crippen LogP contribution in [0.5, 0.6) is 5.75 Å². The maximum Gasteiger partial charge on any atom is 0.258 e. The highest BCUT2D eigenvalue weighted by Crippen LogP contribution is 2.11. The van der Waals surface area contributed by atoms with Gasteiger partial charge in [0.2, 0.25) is 5.91 Å². The van der Waals surface area contributed by atoms with Gasteiger partial charge in [-0.3, -0.25) is 9.59 Å². The van der Waals surface area contributed by atoms with Crippen molar-refractivity contribution in [1.82, 2.24) is 10.2 Å². The Hall–Kier alpha value is -2.04. The third kappa shape index (κ3) is 5.10. The van der Waals surface area contributed by atoms with Gasteiger partial charge in [0, 0.05) is 26.1 Å². The number of benzene rings is 1. The van der Waals surface area contributed by atoms with E-state index in [1.165, 1.54) is 0 Å². The Kier molecular flexibility index (Phi) is 5.60. The topological polar surface area (TPSA) is 58.6 Å². The number of hydrogen-bond donors (Lipinski definition) is 1. The molecule has 0 aliphatic carbocycles. The maximum atomic E-state index is 11.7. The van der Waals surface area contributed by atoms with Crippen LogP contribution in [-0.4, -0.2) is 43.0 Å². The van der Waals surface area contributed by atoms with Crippen molar-refractivity contribution in [3.8, 4) is 5.75 Å². The first kappa shape index (κ1) is 15.4. The van der Waals surface area contributed by atoms with Crippen molar-refractivity contribution >= 4 is 11.8 Å². The number of carbonyl (C=O) groups excluding carboxylic acids is 2. The molecule has 114 valence electrons. The van der Waals surface area contributed by atoms with Crippen LogP contribution in [0, 0.1) is 6.92 Å². The molecule has 1 aliphatic rings. The molecule has 1 aromatic carbocycles. The lowest BCUT2D eigenvalue weighted by atomic mass is 10.1.